The molecule has 4 rings (SSSR count). The number of imidazole rings is 1. The molecule has 2 aromatic carbocycles. The van der Waals surface area contributed by atoms with Gasteiger partial charge in [-0.1, -0.05) is 23.7 Å². The van der Waals surface area contributed by atoms with Crippen LogP contribution in [-0.4, -0.2) is 62.7 Å². The summed E-state index contributed by atoms with van der Waals surface area (Å²) < 4.78 is 13.8. The summed E-state index contributed by atoms with van der Waals surface area (Å²) >= 11 is 6.24. The Kier molecular flexibility index (Phi) is 7.78. The van der Waals surface area contributed by atoms with Gasteiger partial charge in [0.15, 0.2) is 0 Å². The molecular weight excluding hydrogens is 454 g/mol. The zero-order valence-corrected chi connectivity index (χ0v) is 20.4. The Morgan fingerprint density at radius 3 is 2.68 bits per heavy atom. The summed E-state index contributed by atoms with van der Waals surface area (Å²) in [5.74, 6) is 1.44. The van der Waals surface area contributed by atoms with E-state index in [0.717, 1.165) is 29.0 Å². The normalized spacial score (nSPS) is 20.9. The van der Waals surface area contributed by atoms with Crippen LogP contribution in [0.1, 0.15) is 23.1 Å². The van der Waals surface area contributed by atoms with Gasteiger partial charge in [-0.25, -0.2) is 4.98 Å². The second-order valence-corrected chi connectivity index (χ2v) is 9.45. The third-order valence-corrected chi connectivity index (χ3v) is 6.81. The predicted octanol–water partition coefficient (Wildman–Crippen LogP) is 3.61. The number of aliphatic hydroxyl groups is 2. The molecule has 2 N–H and O–H groups in total. The molecule has 0 unspecified atom stereocenters. The summed E-state index contributed by atoms with van der Waals surface area (Å²) in [6, 6.07) is 11.7. The Labute approximate surface area is 205 Å². The second kappa shape index (κ2) is 10.8. The average Bonchev–Trinajstić information content (AvgIpc) is 3.32. The van der Waals surface area contributed by atoms with Gasteiger partial charge in [-0.2, -0.15) is 0 Å². The predicted molar refractivity (Wildman–Crippen MR) is 131 cm³/mol. The fourth-order valence-electron chi connectivity index (χ4n) is 4.30. The Bertz CT molecular complexity index is 1070. The van der Waals surface area contributed by atoms with E-state index in [0.29, 0.717) is 43.4 Å². The Hall–Kier alpha value is -2.58. The maximum atomic E-state index is 11.2. The van der Waals surface area contributed by atoms with Crippen LogP contribution in [-0.2, 0) is 13.1 Å². The molecule has 0 bridgehead atoms. The van der Waals surface area contributed by atoms with E-state index in [1.165, 1.54) is 0 Å². The molecule has 1 aliphatic heterocycles. The van der Waals surface area contributed by atoms with Gasteiger partial charge in [0.05, 0.1) is 19.0 Å². The molecular formula is C26H32ClN3O4. The highest BCUT2D eigenvalue weighted by Crippen LogP contribution is 2.29. The molecule has 182 valence electrons. The molecule has 8 heteroatoms. The van der Waals surface area contributed by atoms with Crippen LogP contribution in [0.4, 0.5) is 0 Å². The molecule has 1 aliphatic rings. The SMILES string of the molecule is Cc1cc(OC[C@@]2(O)CN(Cc3cccc(OCCn4ccnc4)c3)CC[C@@H]2O)cc(C)c1Cl. The maximum absolute atomic E-state index is 11.2. The van der Waals surface area contributed by atoms with Crippen molar-refractivity contribution in [1.29, 1.82) is 0 Å². The number of ether oxygens (including phenoxy) is 2. The molecule has 1 saturated heterocycles. The summed E-state index contributed by atoms with van der Waals surface area (Å²) in [6.45, 7) is 6.77. The Morgan fingerprint density at radius 1 is 1.15 bits per heavy atom. The minimum atomic E-state index is -1.36. The molecule has 0 radical (unpaired) electrons. The van der Waals surface area contributed by atoms with Gasteiger partial charge in [0.1, 0.15) is 30.3 Å². The minimum Gasteiger partial charge on any atom is -0.492 e. The van der Waals surface area contributed by atoms with Crippen molar-refractivity contribution in [2.75, 3.05) is 26.3 Å². The molecule has 2 heterocycles. The average molecular weight is 486 g/mol. The lowest BCUT2D eigenvalue weighted by atomic mass is 9.90. The van der Waals surface area contributed by atoms with Gasteiger partial charge in [-0.3, -0.25) is 4.90 Å². The third kappa shape index (κ3) is 6.10. The molecule has 0 saturated carbocycles. The Balaban J connectivity index is 1.34. The van der Waals surface area contributed by atoms with E-state index in [4.69, 9.17) is 21.1 Å². The first kappa shape index (κ1) is 24.5. The topological polar surface area (TPSA) is 80.0 Å². The number of rotatable bonds is 9. The number of benzene rings is 2. The lowest BCUT2D eigenvalue weighted by Crippen LogP contribution is -2.59. The highest BCUT2D eigenvalue weighted by molar-refractivity contribution is 6.32. The van der Waals surface area contributed by atoms with Crippen molar-refractivity contribution < 1.29 is 19.7 Å². The Morgan fingerprint density at radius 2 is 1.94 bits per heavy atom. The molecule has 3 aromatic rings. The molecule has 34 heavy (non-hydrogen) atoms. The van der Waals surface area contributed by atoms with Crippen LogP contribution >= 0.6 is 11.6 Å². The largest absolute Gasteiger partial charge is 0.492 e. The van der Waals surface area contributed by atoms with Gasteiger partial charge in [0, 0.05) is 37.1 Å². The fraction of sp³-hybridized carbons (Fsp3) is 0.423. The number of halogens is 1. The van der Waals surface area contributed by atoms with Crippen LogP contribution in [0.5, 0.6) is 11.5 Å². The number of likely N-dealkylation sites (tertiary alicyclic amines) is 1. The smallest absolute Gasteiger partial charge is 0.137 e. The van der Waals surface area contributed by atoms with Crippen molar-refractivity contribution in [2.24, 2.45) is 0 Å². The highest BCUT2D eigenvalue weighted by atomic mass is 35.5. The van der Waals surface area contributed by atoms with Crippen molar-refractivity contribution in [1.82, 2.24) is 14.5 Å². The standard InChI is InChI=1S/C26H32ClN3O4/c1-19-12-23(13-20(2)25(19)27)34-17-26(32)16-30(8-6-24(26)31)15-21-4-3-5-22(14-21)33-11-10-29-9-7-28-18-29/h3-5,7,9,12-14,18,24,31-32H,6,8,10-11,15-17H2,1-2H3/t24-,26-/m0/s1. The molecule has 7 nitrogen and oxygen atoms in total. The number of aliphatic hydroxyl groups excluding tert-OH is 1. The first-order chi connectivity index (χ1) is 16.3. The summed E-state index contributed by atoms with van der Waals surface area (Å²) in [5.41, 5.74) is 1.56. The van der Waals surface area contributed by atoms with Gasteiger partial charge in [0.2, 0.25) is 0 Å². The lowest BCUT2D eigenvalue weighted by molar-refractivity contribution is -0.140. The van der Waals surface area contributed by atoms with Gasteiger partial charge < -0.3 is 24.3 Å². The van der Waals surface area contributed by atoms with Gasteiger partial charge in [0.25, 0.3) is 0 Å². The molecule has 1 fully saturated rings. The summed E-state index contributed by atoms with van der Waals surface area (Å²) in [5, 5.41) is 22.5. The highest BCUT2D eigenvalue weighted by Gasteiger charge is 2.42. The van der Waals surface area contributed by atoms with Crippen molar-refractivity contribution >= 4 is 11.6 Å². The van der Waals surface area contributed by atoms with Crippen molar-refractivity contribution in [3.05, 3.63) is 76.8 Å². The number of hydrogen-bond acceptors (Lipinski definition) is 6. The molecule has 0 amide bonds. The first-order valence-electron chi connectivity index (χ1n) is 11.5. The third-order valence-electron chi connectivity index (χ3n) is 6.22. The van der Waals surface area contributed by atoms with E-state index >= 15 is 0 Å². The van der Waals surface area contributed by atoms with Crippen LogP contribution in [0, 0.1) is 13.8 Å². The van der Waals surface area contributed by atoms with E-state index in [9.17, 15) is 10.2 Å². The monoisotopic (exact) mass is 485 g/mol. The number of nitrogens with zero attached hydrogens (tertiary/aromatic N) is 3. The minimum absolute atomic E-state index is 0.00256. The van der Waals surface area contributed by atoms with Crippen LogP contribution in [0.3, 0.4) is 0 Å². The number of hydrogen-bond donors (Lipinski definition) is 2. The summed E-state index contributed by atoms with van der Waals surface area (Å²) in [4.78, 5) is 6.17. The van der Waals surface area contributed by atoms with Crippen LogP contribution in [0.15, 0.2) is 55.1 Å². The lowest BCUT2D eigenvalue weighted by Gasteiger charge is -2.42. The van der Waals surface area contributed by atoms with Crippen molar-refractivity contribution in [3.63, 3.8) is 0 Å². The van der Waals surface area contributed by atoms with Gasteiger partial charge >= 0.3 is 0 Å². The van der Waals surface area contributed by atoms with E-state index in [-0.39, 0.29) is 6.61 Å². The van der Waals surface area contributed by atoms with E-state index in [2.05, 4.69) is 9.88 Å². The summed E-state index contributed by atoms with van der Waals surface area (Å²) in [6.07, 6.45) is 5.05. The van der Waals surface area contributed by atoms with Gasteiger partial charge in [-0.05, 0) is 61.2 Å². The van der Waals surface area contributed by atoms with Crippen LogP contribution in [0.2, 0.25) is 5.02 Å². The van der Waals surface area contributed by atoms with E-state index in [1.807, 2.05) is 61.0 Å². The van der Waals surface area contributed by atoms with Gasteiger partial charge in [-0.15, -0.1) is 0 Å². The number of aryl methyl sites for hydroxylation is 2. The van der Waals surface area contributed by atoms with E-state index in [1.54, 1.807) is 12.5 Å². The summed E-state index contributed by atoms with van der Waals surface area (Å²) in [7, 11) is 0. The number of piperidine rings is 1. The maximum Gasteiger partial charge on any atom is 0.137 e. The van der Waals surface area contributed by atoms with E-state index < -0.39 is 11.7 Å². The molecule has 2 atom stereocenters. The number of β-amino-alcohol motifs (C(OH)–C–C–N with tert-alkyl or cyclic N) is 1. The molecule has 1 aromatic heterocycles. The molecule has 0 aliphatic carbocycles. The zero-order chi connectivity index (χ0) is 24.1. The second-order valence-electron chi connectivity index (χ2n) is 9.07. The fourth-order valence-corrected chi connectivity index (χ4v) is 4.41. The zero-order valence-electron chi connectivity index (χ0n) is 19.7. The first-order valence-corrected chi connectivity index (χ1v) is 11.9. The van der Waals surface area contributed by atoms with Crippen LogP contribution < -0.4 is 9.47 Å². The molecule has 0 spiro atoms. The quantitative estimate of drug-likeness (QED) is 0.482. The van der Waals surface area contributed by atoms with Crippen LogP contribution in [0.25, 0.3) is 0 Å². The van der Waals surface area contributed by atoms with Crippen molar-refractivity contribution in [3.8, 4) is 11.5 Å². The van der Waals surface area contributed by atoms with Crippen molar-refractivity contribution in [2.45, 2.75) is 45.1 Å². The number of aromatic nitrogens is 2.